The topological polar surface area (TPSA) is 39.4 Å². The summed E-state index contributed by atoms with van der Waals surface area (Å²) in [5.74, 6) is 0.677. The Morgan fingerprint density at radius 1 is 1.00 bits per heavy atom. The van der Waals surface area contributed by atoms with Crippen molar-refractivity contribution in [1.29, 1.82) is 0 Å². The molecule has 0 atom stereocenters. The number of hydrogen-bond donors (Lipinski definition) is 0. The van der Waals surface area contributed by atoms with Gasteiger partial charge in [0, 0.05) is 10.8 Å². The number of carbonyl (C=O) groups excluding carboxylic acids is 1. The molecule has 17 heavy (non-hydrogen) atoms. The van der Waals surface area contributed by atoms with E-state index in [4.69, 9.17) is 9.15 Å². The lowest BCUT2D eigenvalue weighted by atomic mass is 10.1. The van der Waals surface area contributed by atoms with Gasteiger partial charge >= 0.3 is 0 Å². The van der Waals surface area contributed by atoms with Crippen LogP contribution in [0, 0.1) is 0 Å². The van der Waals surface area contributed by atoms with Crippen molar-refractivity contribution in [3.63, 3.8) is 0 Å². The highest BCUT2D eigenvalue weighted by Gasteiger charge is 2.23. The Hall–Kier alpha value is -2.29. The molecule has 0 saturated heterocycles. The minimum Gasteiger partial charge on any atom is -0.485 e. The van der Waals surface area contributed by atoms with Gasteiger partial charge in [-0.2, -0.15) is 0 Å². The molecule has 2 heterocycles. The van der Waals surface area contributed by atoms with Crippen LogP contribution in [0.3, 0.4) is 0 Å². The van der Waals surface area contributed by atoms with Crippen molar-refractivity contribution < 1.29 is 13.9 Å². The SMILES string of the molecule is O=C1COc2cc3c(cc21)oc1ccccc13. The summed E-state index contributed by atoms with van der Waals surface area (Å²) >= 11 is 0. The first-order valence-electron chi connectivity index (χ1n) is 5.44. The molecule has 1 aliphatic rings. The molecule has 0 fully saturated rings. The molecule has 1 aliphatic heterocycles. The molecule has 0 saturated carbocycles. The van der Waals surface area contributed by atoms with Gasteiger partial charge in [0.2, 0.25) is 5.78 Å². The van der Waals surface area contributed by atoms with Gasteiger partial charge in [-0.15, -0.1) is 0 Å². The lowest BCUT2D eigenvalue weighted by Crippen LogP contribution is -1.98. The van der Waals surface area contributed by atoms with Crippen LogP contribution >= 0.6 is 0 Å². The third-order valence-corrected chi connectivity index (χ3v) is 3.14. The van der Waals surface area contributed by atoms with Gasteiger partial charge in [-0.05, 0) is 18.2 Å². The van der Waals surface area contributed by atoms with Gasteiger partial charge in [0.1, 0.15) is 16.9 Å². The second-order valence-corrected chi connectivity index (χ2v) is 4.15. The van der Waals surface area contributed by atoms with Crippen LogP contribution in [0.15, 0.2) is 40.8 Å². The van der Waals surface area contributed by atoms with Gasteiger partial charge in [0.05, 0.1) is 5.56 Å². The monoisotopic (exact) mass is 224 g/mol. The zero-order chi connectivity index (χ0) is 11.4. The van der Waals surface area contributed by atoms with Crippen LogP contribution in [0.4, 0.5) is 0 Å². The van der Waals surface area contributed by atoms with Crippen LogP contribution in [0.2, 0.25) is 0 Å². The van der Waals surface area contributed by atoms with Crippen molar-refractivity contribution >= 4 is 27.7 Å². The van der Waals surface area contributed by atoms with Crippen molar-refractivity contribution in [3.8, 4) is 5.75 Å². The lowest BCUT2D eigenvalue weighted by Gasteiger charge is -1.96. The minimum absolute atomic E-state index is 0.0161. The van der Waals surface area contributed by atoms with Gasteiger partial charge in [-0.3, -0.25) is 4.79 Å². The van der Waals surface area contributed by atoms with Crippen molar-refractivity contribution in [3.05, 3.63) is 42.0 Å². The number of para-hydroxylation sites is 1. The maximum Gasteiger partial charge on any atom is 0.204 e. The highest BCUT2D eigenvalue weighted by Crippen LogP contribution is 2.35. The van der Waals surface area contributed by atoms with Gasteiger partial charge in [0.25, 0.3) is 0 Å². The average molecular weight is 224 g/mol. The van der Waals surface area contributed by atoms with Gasteiger partial charge < -0.3 is 9.15 Å². The van der Waals surface area contributed by atoms with E-state index >= 15 is 0 Å². The number of Topliss-reactive ketones (excluding diaryl/α,β-unsaturated/α-hetero) is 1. The van der Waals surface area contributed by atoms with Crippen LogP contribution in [0.1, 0.15) is 10.4 Å². The molecular weight excluding hydrogens is 216 g/mol. The van der Waals surface area contributed by atoms with E-state index in [-0.39, 0.29) is 12.4 Å². The molecule has 3 aromatic rings. The van der Waals surface area contributed by atoms with E-state index in [1.54, 1.807) is 6.07 Å². The van der Waals surface area contributed by atoms with Crippen LogP contribution in [0.5, 0.6) is 5.75 Å². The predicted molar refractivity (Wildman–Crippen MR) is 63.5 cm³/mol. The fourth-order valence-corrected chi connectivity index (χ4v) is 2.31. The molecule has 2 aromatic carbocycles. The van der Waals surface area contributed by atoms with E-state index in [0.717, 1.165) is 21.9 Å². The molecule has 0 radical (unpaired) electrons. The highest BCUT2D eigenvalue weighted by molar-refractivity contribution is 6.10. The maximum atomic E-state index is 11.6. The predicted octanol–water partition coefficient (Wildman–Crippen LogP) is 3.16. The molecule has 0 bridgehead atoms. The Bertz CT molecular complexity index is 768. The molecule has 3 nitrogen and oxygen atoms in total. The summed E-state index contributed by atoms with van der Waals surface area (Å²) in [7, 11) is 0. The summed E-state index contributed by atoms with van der Waals surface area (Å²) in [6.07, 6.45) is 0. The molecule has 82 valence electrons. The quantitative estimate of drug-likeness (QED) is 0.588. The van der Waals surface area contributed by atoms with Crippen molar-refractivity contribution in [2.75, 3.05) is 6.61 Å². The first kappa shape index (κ1) is 8.82. The van der Waals surface area contributed by atoms with Crippen LogP contribution in [-0.2, 0) is 0 Å². The number of ketones is 1. The average Bonchev–Trinajstić information content (AvgIpc) is 2.88. The number of hydrogen-bond acceptors (Lipinski definition) is 3. The summed E-state index contributed by atoms with van der Waals surface area (Å²) in [5, 5.41) is 2.04. The van der Waals surface area contributed by atoms with Gasteiger partial charge in [-0.25, -0.2) is 0 Å². The number of furan rings is 1. The minimum atomic E-state index is 0.0161. The zero-order valence-electron chi connectivity index (χ0n) is 8.90. The number of fused-ring (bicyclic) bond motifs is 4. The number of benzene rings is 2. The van der Waals surface area contributed by atoms with E-state index in [9.17, 15) is 4.79 Å². The second kappa shape index (κ2) is 2.88. The zero-order valence-corrected chi connectivity index (χ0v) is 8.90. The van der Waals surface area contributed by atoms with E-state index in [0.29, 0.717) is 11.3 Å². The Kier molecular flexibility index (Phi) is 1.50. The molecule has 0 spiro atoms. The first-order valence-corrected chi connectivity index (χ1v) is 5.44. The summed E-state index contributed by atoms with van der Waals surface area (Å²) in [6, 6.07) is 11.5. The van der Waals surface area contributed by atoms with Crippen LogP contribution < -0.4 is 4.74 Å². The van der Waals surface area contributed by atoms with E-state index < -0.39 is 0 Å². The van der Waals surface area contributed by atoms with Gasteiger partial charge in [-0.1, -0.05) is 18.2 Å². The number of carbonyl (C=O) groups is 1. The van der Waals surface area contributed by atoms with Crippen LogP contribution in [-0.4, -0.2) is 12.4 Å². The van der Waals surface area contributed by atoms with Crippen LogP contribution in [0.25, 0.3) is 21.9 Å². The van der Waals surface area contributed by atoms with Crippen molar-refractivity contribution in [2.24, 2.45) is 0 Å². The molecule has 0 aliphatic carbocycles. The molecular formula is C14H8O3. The third kappa shape index (κ3) is 1.08. The Morgan fingerprint density at radius 2 is 1.88 bits per heavy atom. The van der Waals surface area contributed by atoms with Gasteiger partial charge in [0.15, 0.2) is 6.61 Å². The fraction of sp³-hybridized carbons (Fsp3) is 0.0714. The second-order valence-electron chi connectivity index (χ2n) is 4.15. The molecule has 0 N–H and O–H groups in total. The fourth-order valence-electron chi connectivity index (χ4n) is 2.31. The summed E-state index contributed by atoms with van der Waals surface area (Å²) in [6.45, 7) is 0.139. The Balaban J connectivity index is 2.18. The van der Waals surface area contributed by atoms with Crippen molar-refractivity contribution in [2.45, 2.75) is 0 Å². The summed E-state index contributed by atoms with van der Waals surface area (Å²) < 4.78 is 11.1. The molecule has 1 aromatic heterocycles. The largest absolute Gasteiger partial charge is 0.485 e. The lowest BCUT2D eigenvalue weighted by molar-refractivity contribution is 0.0961. The first-order chi connectivity index (χ1) is 8.33. The molecule has 0 unspecified atom stereocenters. The smallest absolute Gasteiger partial charge is 0.204 e. The standard InChI is InChI=1S/C14H8O3/c15-11-7-16-13-5-9-8-3-1-2-4-12(8)17-14(9)6-10(11)13/h1-6H,7H2. The Labute approximate surface area is 96.6 Å². The molecule has 4 rings (SSSR count). The summed E-state index contributed by atoms with van der Waals surface area (Å²) in [5.41, 5.74) is 2.19. The Morgan fingerprint density at radius 3 is 2.82 bits per heavy atom. The van der Waals surface area contributed by atoms with E-state index in [1.807, 2.05) is 30.3 Å². The van der Waals surface area contributed by atoms with Crippen molar-refractivity contribution in [1.82, 2.24) is 0 Å². The molecule has 3 heteroatoms. The highest BCUT2D eigenvalue weighted by atomic mass is 16.5. The maximum absolute atomic E-state index is 11.6. The number of ether oxygens (including phenoxy) is 1. The van der Waals surface area contributed by atoms with E-state index in [2.05, 4.69) is 0 Å². The number of rotatable bonds is 0. The third-order valence-electron chi connectivity index (χ3n) is 3.14. The van der Waals surface area contributed by atoms with E-state index in [1.165, 1.54) is 0 Å². The summed E-state index contributed by atoms with van der Waals surface area (Å²) in [4.78, 5) is 11.6. The molecule has 0 amide bonds. The normalized spacial score (nSPS) is 14.2.